The molecular formula is C25H28N2O4S. The normalized spacial score (nSPS) is 12.1. The van der Waals surface area contributed by atoms with Gasteiger partial charge in [0.15, 0.2) is 0 Å². The highest BCUT2D eigenvalue weighted by Gasteiger charge is 2.28. The van der Waals surface area contributed by atoms with Gasteiger partial charge in [0, 0.05) is 0 Å². The molecule has 0 saturated carbocycles. The van der Waals surface area contributed by atoms with Crippen LogP contribution in [-0.4, -0.2) is 28.0 Å². The topological polar surface area (TPSA) is 75.7 Å². The van der Waals surface area contributed by atoms with Crippen LogP contribution in [-0.2, 0) is 14.8 Å². The van der Waals surface area contributed by atoms with E-state index in [-0.39, 0.29) is 23.4 Å². The van der Waals surface area contributed by atoms with Gasteiger partial charge in [-0.3, -0.25) is 9.10 Å². The van der Waals surface area contributed by atoms with E-state index in [4.69, 9.17) is 4.74 Å². The van der Waals surface area contributed by atoms with Crippen LogP contribution in [0.25, 0.3) is 0 Å². The van der Waals surface area contributed by atoms with Crippen LogP contribution in [0.4, 0.5) is 5.69 Å². The lowest BCUT2D eigenvalue weighted by Crippen LogP contribution is -2.42. The number of ether oxygens (including phenoxy) is 1. The Morgan fingerprint density at radius 2 is 1.62 bits per heavy atom. The van der Waals surface area contributed by atoms with Gasteiger partial charge in [0.1, 0.15) is 12.3 Å². The van der Waals surface area contributed by atoms with Gasteiger partial charge < -0.3 is 10.1 Å². The first kappa shape index (κ1) is 23.3. The van der Waals surface area contributed by atoms with Crippen LogP contribution in [0.5, 0.6) is 5.75 Å². The zero-order chi connectivity index (χ0) is 23.1. The Hall–Kier alpha value is -3.32. The molecule has 0 aliphatic rings. The molecule has 168 valence electrons. The van der Waals surface area contributed by atoms with Crippen LogP contribution in [0.1, 0.15) is 30.5 Å². The van der Waals surface area contributed by atoms with Gasteiger partial charge in [-0.15, -0.1) is 0 Å². The number of para-hydroxylation sites is 1. The molecule has 3 aromatic rings. The number of carbonyl (C=O) groups excluding carboxylic acids is 1. The molecule has 0 heterocycles. The van der Waals surface area contributed by atoms with Crippen LogP contribution in [0, 0.1) is 6.92 Å². The molecule has 0 aliphatic carbocycles. The minimum absolute atomic E-state index is 0.0996. The minimum atomic E-state index is -3.99. The maximum Gasteiger partial charge on any atom is 0.264 e. The number of amides is 1. The Morgan fingerprint density at radius 1 is 1.00 bits per heavy atom. The predicted molar refractivity (Wildman–Crippen MR) is 126 cm³/mol. The molecule has 6 nitrogen and oxygen atoms in total. The van der Waals surface area contributed by atoms with Crippen molar-refractivity contribution in [3.63, 3.8) is 0 Å². The van der Waals surface area contributed by atoms with Crippen molar-refractivity contribution in [2.45, 2.75) is 31.2 Å². The number of aryl methyl sites for hydroxylation is 1. The van der Waals surface area contributed by atoms with E-state index < -0.39 is 10.0 Å². The quantitative estimate of drug-likeness (QED) is 0.520. The summed E-state index contributed by atoms with van der Waals surface area (Å²) in [7, 11) is -2.45. The van der Waals surface area contributed by atoms with Crippen LogP contribution in [0.3, 0.4) is 0 Å². The van der Waals surface area contributed by atoms with Crippen molar-refractivity contribution in [2.24, 2.45) is 0 Å². The molecule has 0 spiro atoms. The van der Waals surface area contributed by atoms with E-state index in [1.807, 2.05) is 37.3 Å². The first-order valence-corrected chi connectivity index (χ1v) is 11.9. The number of nitrogens with zero attached hydrogens (tertiary/aromatic N) is 1. The molecule has 1 unspecified atom stereocenters. The monoisotopic (exact) mass is 452 g/mol. The van der Waals surface area contributed by atoms with Crippen molar-refractivity contribution in [2.75, 3.05) is 18.0 Å². The number of rotatable bonds is 9. The fourth-order valence-corrected chi connectivity index (χ4v) is 5.03. The molecule has 0 radical (unpaired) electrons. The van der Waals surface area contributed by atoms with E-state index >= 15 is 0 Å². The van der Waals surface area contributed by atoms with E-state index in [1.165, 1.54) is 13.2 Å². The summed E-state index contributed by atoms with van der Waals surface area (Å²) >= 11 is 0. The maximum absolute atomic E-state index is 13.6. The fourth-order valence-electron chi connectivity index (χ4n) is 3.52. The number of hydrogen-bond donors (Lipinski definition) is 1. The molecular weight excluding hydrogens is 424 g/mol. The van der Waals surface area contributed by atoms with Gasteiger partial charge in [-0.25, -0.2) is 8.42 Å². The fraction of sp³-hybridized carbons (Fsp3) is 0.240. The summed E-state index contributed by atoms with van der Waals surface area (Å²) in [4.78, 5) is 13.1. The molecule has 0 bridgehead atoms. The molecule has 0 saturated heterocycles. The second-order valence-electron chi connectivity index (χ2n) is 7.42. The Bertz CT molecular complexity index is 1150. The lowest BCUT2D eigenvalue weighted by molar-refractivity contribution is -0.120. The van der Waals surface area contributed by atoms with E-state index in [0.717, 1.165) is 9.87 Å². The third-order valence-electron chi connectivity index (χ3n) is 5.23. The van der Waals surface area contributed by atoms with Crippen molar-refractivity contribution in [1.29, 1.82) is 0 Å². The number of methoxy groups -OCH3 is 1. The van der Waals surface area contributed by atoms with Gasteiger partial charge in [0.25, 0.3) is 10.0 Å². The average molecular weight is 453 g/mol. The number of hydrogen-bond acceptors (Lipinski definition) is 4. The highest BCUT2D eigenvalue weighted by Crippen LogP contribution is 2.27. The second-order valence-corrected chi connectivity index (χ2v) is 9.28. The zero-order valence-corrected chi connectivity index (χ0v) is 19.3. The van der Waals surface area contributed by atoms with E-state index in [9.17, 15) is 13.2 Å². The second kappa shape index (κ2) is 10.3. The summed E-state index contributed by atoms with van der Waals surface area (Å²) < 4.78 is 33.5. The zero-order valence-electron chi connectivity index (χ0n) is 18.5. The average Bonchev–Trinajstić information content (AvgIpc) is 2.82. The van der Waals surface area contributed by atoms with Crippen LogP contribution in [0.15, 0.2) is 83.8 Å². The Kier molecular flexibility index (Phi) is 7.53. The van der Waals surface area contributed by atoms with Crippen molar-refractivity contribution in [3.05, 3.63) is 90.0 Å². The number of anilines is 1. The lowest BCUT2D eigenvalue weighted by Gasteiger charge is -2.26. The predicted octanol–water partition coefficient (Wildman–Crippen LogP) is 4.47. The molecule has 3 aromatic carbocycles. The molecule has 1 atom stereocenters. The molecule has 32 heavy (non-hydrogen) atoms. The van der Waals surface area contributed by atoms with E-state index in [2.05, 4.69) is 5.32 Å². The summed E-state index contributed by atoms with van der Waals surface area (Å²) in [5, 5.41) is 2.97. The van der Waals surface area contributed by atoms with Crippen LogP contribution >= 0.6 is 0 Å². The van der Waals surface area contributed by atoms with E-state index in [0.29, 0.717) is 23.4 Å². The number of sulfonamides is 1. The van der Waals surface area contributed by atoms with Crippen molar-refractivity contribution < 1.29 is 17.9 Å². The molecule has 0 fully saturated rings. The van der Waals surface area contributed by atoms with Crippen molar-refractivity contribution >= 4 is 21.6 Å². The molecule has 1 N–H and O–H groups in total. The largest absolute Gasteiger partial charge is 0.496 e. The maximum atomic E-state index is 13.6. The summed E-state index contributed by atoms with van der Waals surface area (Å²) in [6.07, 6.45) is 0.686. The Balaban J connectivity index is 1.91. The third-order valence-corrected chi connectivity index (χ3v) is 7.00. The smallest absolute Gasteiger partial charge is 0.264 e. The Labute approximate surface area is 189 Å². The van der Waals surface area contributed by atoms with Crippen LogP contribution in [0.2, 0.25) is 0 Å². The lowest BCUT2D eigenvalue weighted by atomic mass is 10.0. The van der Waals surface area contributed by atoms with Crippen molar-refractivity contribution in [1.82, 2.24) is 5.32 Å². The van der Waals surface area contributed by atoms with Gasteiger partial charge in [-0.2, -0.15) is 0 Å². The van der Waals surface area contributed by atoms with Gasteiger partial charge in [0.05, 0.1) is 23.7 Å². The summed E-state index contributed by atoms with van der Waals surface area (Å²) in [6, 6.07) is 22.7. The number of nitrogens with one attached hydrogen (secondary N) is 1. The van der Waals surface area contributed by atoms with E-state index in [1.54, 1.807) is 49.4 Å². The first-order valence-electron chi connectivity index (χ1n) is 10.4. The first-order chi connectivity index (χ1) is 15.4. The van der Waals surface area contributed by atoms with Crippen molar-refractivity contribution in [3.8, 4) is 5.75 Å². The van der Waals surface area contributed by atoms with Gasteiger partial charge >= 0.3 is 0 Å². The standard InChI is InChI=1S/C25H28N2O4S/c1-4-23(20-11-7-5-8-12-20)26-25(28)18-27(21-13-9-6-10-14-21)32(29,30)22-15-16-24(31-3)19(2)17-22/h5-17,23H,4,18H2,1-3H3,(H,26,28). The molecule has 1 amide bonds. The molecule has 3 rings (SSSR count). The summed E-state index contributed by atoms with van der Waals surface area (Å²) in [6.45, 7) is 3.42. The minimum Gasteiger partial charge on any atom is -0.496 e. The number of carbonyl (C=O) groups is 1. The number of benzene rings is 3. The highest BCUT2D eigenvalue weighted by atomic mass is 32.2. The molecule has 7 heteroatoms. The van der Waals surface area contributed by atoms with Gasteiger partial charge in [0.2, 0.25) is 5.91 Å². The van der Waals surface area contributed by atoms with Gasteiger partial charge in [-0.05, 0) is 54.8 Å². The van der Waals surface area contributed by atoms with Gasteiger partial charge in [-0.1, -0.05) is 55.5 Å². The van der Waals surface area contributed by atoms with Crippen LogP contribution < -0.4 is 14.4 Å². The highest BCUT2D eigenvalue weighted by molar-refractivity contribution is 7.92. The molecule has 0 aliphatic heterocycles. The molecule has 0 aromatic heterocycles. The summed E-state index contributed by atoms with van der Waals surface area (Å²) in [5.41, 5.74) is 2.09. The SMILES string of the molecule is CCC(NC(=O)CN(c1ccccc1)S(=O)(=O)c1ccc(OC)c(C)c1)c1ccccc1. The summed E-state index contributed by atoms with van der Waals surface area (Å²) in [5.74, 6) is 0.222. The third kappa shape index (κ3) is 5.29. The Morgan fingerprint density at radius 3 is 2.19 bits per heavy atom.